The molecule has 2 aromatic heterocycles. The van der Waals surface area contributed by atoms with E-state index in [-0.39, 0.29) is 17.9 Å². The molecule has 2 aromatic rings. The van der Waals surface area contributed by atoms with Crippen LogP contribution in [0.25, 0.3) is 0 Å². The topological polar surface area (TPSA) is 61.9 Å². The molecule has 0 aliphatic heterocycles. The van der Waals surface area contributed by atoms with Crippen LogP contribution in [-0.2, 0) is 4.79 Å². The lowest BCUT2D eigenvalue weighted by molar-refractivity contribution is -0.132. The van der Waals surface area contributed by atoms with Gasteiger partial charge in [0.1, 0.15) is 0 Å². The minimum absolute atomic E-state index is 0.0363. The van der Waals surface area contributed by atoms with Crippen molar-refractivity contribution < 1.29 is 4.79 Å². The largest absolute Gasteiger partial charge is 0.339 e. The van der Waals surface area contributed by atoms with Crippen LogP contribution in [0.3, 0.4) is 0 Å². The third-order valence-corrected chi connectivity index (χ3v) is 4.32. The summed E-state index contributed by atoms with van der Waals surface area (Å²) in [5.41, 5.74) is 4.26. The standard InChI is InChI=1S/C17H24N4O/c1-11(17-12(2)19-20-13(17)3)10-16(22)21(5)14(4)15-6-8-18-9-7-15/h6-9,11,14H,10H2,1-5H3,(H,19,20)/t11-,14-/m1/s1. The van der Waals surface area contributed by atoms with Crippen LogP contribution in [0.1, 0.15) is 54.7 Å². The maximum Gasteiger partial charge on any atom is 0.223 e. The van der Waals surface area contributed by atoms with Gasteiger partial charge in [0.2, 0.25) is 5.91 Å². The van der Waals surface area contributed by atoms with Crippen molar-refractivity contribution >= 4 is 5.91 Å². The molecule has 5 nitrogen and oxygen atoms in total. The fourth-order valence-electron chi connectivity index (χ4n) is 2.88. The Morgan fingerprint density at radius 3 is 2.45 bits per heavy atom. The van der Waals surface area contributed by atoms with Crippen molar-refractivity contribution in [2.24, 2.45) is 0 Å². The van der Waals surface area contributed by atoms with Crippen molar-refractivity contribution in [3.8, 4) is 0 Å². The van der Waals surface area contributed by atoms with Gasteiger partial charge in [0, 0.05) is 31.6 Å². The van der Waals surface area contributed by atoms with Gasteiger partial charge in [-0.3, -0.25) is 14.9 Å². The Hall–Kier alpha value is -2.17. The molecule has 2 atom stereocenters. The van der Waals surface area contributed by atoms with Gasteiger partial charge in [-0.2, -0.15) is 5.10 Å². The number of nitrogens with zero attached hydrogens (tertiary/aromatic N) is 3. The average molecular weight is 300 g/mol. The second kappa shape index (κ2) is 6.73. The number of carbonyl (C=O) groups is 1. The van der Waals surface area contributed by atoms with Crippen molar-refractivity contribution in [3.63, 3.8) is 0 Å². The molecule has 22 heavy (non-hydrogen) atoms. The Kier molecular flexibility index (Phi) is 4.96. The van der Waals surface area contributed by atoms with Crippen molar-refractivity contribution in [2.75, 3.05) is 7.05 Å². The van der Waals surface area contributed by atoms with Crippen LogP contribution in [0.15, 0.2) is 24.5 Å². The van der Waals surface area contributed by atoms with Crippen molar-refractivity contribution in [3.05, 3.63) is 47.0 Å². The van der Waals surface area contributed by atoms with Gasteiger partial charge in [0.15, 0.2) is 0 Å². The number of nitrogens with one attached hydrogen (secondary N) is 1. The first-order valence-corrected chi connectivity index (χ1v) is 7.58. The first-order valence-electron chi connectivity index (χ1n) is 7.58. The zero-order valence-corrected chi connectivity index (χ0v) is 13.9. The van der Waals surface area contributed by atoms with Crippen LogP contribution < -0.4 is 0 Å². The molecule has 0 aromatic carbocycles. The van der Waals surface area contributed by atoms with Gasteiger partial charge in [-0.1, -0.05) is 6.92 Å². The van der Waals surface area contributed by atoms with Crippen LogP contribution in [0, 0.1) is 13.8 Å². The van der Waals surface area contributed by atoms with Gasteiger partial charge >= 0.3 is 0 Å². The predicted octanol–water partition coefficient (Wildman–Crippen LogP) is 3.13. The van der Waals surface area contributed by atoms with Gasteiger partial charge < -0.3 is 4.90 Å². The van der Waals surface area contributed by atoms with Crippen LogP contribution in [0.4, 0.5) is 0 Å². The molecule has 0 saturated carbocycles. The van der Waals surface area contributed by atoms with E-state index >= 15 is 0 Å². The molecule has 0 radical (unpaired) electrons. The highest BCUT2D eigenvalue weighted by Crippen LogP contribution is 2.26. The van der Waals surface area contributed by atoms with E-state index in [0.717, 1.165) is 22.5 Å². The number of carbonyl (C=O) groups excluding carboxylic acids is 1. The predicted molar refractivity (Wildman–Crippen MR) is 86.5 cm³/mol. The van der Waals surface area contributed by atoms with E-state index < -0.39 is 0 Å². The molecule has 0 aliphatic carbocycles. The quantitative estimate of drug-likeness (QED) is 0.922. The first kappa shape index (κ1) is 16.2. The minimum atomic E-state index is 0.0363. The van der Waals surface area contributed by atoms with Crippen molar-refractivity contribution in [1.29, 1.82) is 0 Å². The molecule has 0 saturated heterocycles. The Labute approximate surface area is 131 Å². The minimum Gasteiger partial charge on any atom is -0.339 e. The Bertz CT molecular complexity index is 616. The number of pyridine rings is 1. The molecule has 118 valence electrons. The van der Waals surface area contributed by atoms with Crippen LogP contribution >= 0.6 is 0 Å². The lowest BCUT2D eigenvalue weighted by Gasteiger charge is -2.26. The highest BCUT2D eigenvalue weighted by molar-refractivity contribution is 5.77. The summed E-state index contributed by atoms with van der Waals surface area (Å²) in [5.74, 6) is 0.287. The molecule has 5 heteroatoms. The third-order valence-electron chi connectivity index (χ3n) is 4.32. The van der Waals surface area contributed by atoms with E-state index in [1.165, 1.54) is 0 Å². The van der Waals surface area contributed by atoms with E-state index in [2.05, 4.69) is 22.1 Å². The third kappa shape index (κ3) is 3.35. The Morgan fingerprint density at radius 1 is 1.27 bits per heavy atom. The second-order valence-corrected chi connectivity index (χ2v) is 5.91. The van der Waals surface area contributed by atoms with Gasteiger partial charge in [-0.25, -0.2) is 0 Å². The number of aromatic nitrogens is 3. The highest BCUT2D eigenvalue weighted by atomic mass is 16.2. The molecule has 0 aliphatic rings. The van der Waals surface area contributed by atoms with Crippen LogP contribution in [0.2, 0.25) is 0 Å². The number of aromatic amines is 1. The van der Waals surface area contributed by atoms with E-state index in [4.69, 9.17) is 0 Å². The van der Waals surface area contributed by atoms with Crippen LogP contribution in [0.5, 0.6) is 0 Å². The number of aryl methyl sites for hydroxylation is 2. The first-order chi connectivity index (χ1) is 10.4. The Morgan fingerprint density at radius 2 is 1.91 bits per heavy atom. The number of hydrogen-bond acceptors (Lipinski definition) is 3. The van der Waals surface area contributed by atoms with Crippen molar-refractivity contribution in [1.82, 2.24) is 20.1 Å². The van der Waals surface area contributed by atoms with E-state index in [9.17, 15) is 4.79 Å². The number of amides is 1. The summed E-state index contributed by atoms with van der Waals surface area (Å²) in [6.45, 7) is 8.09. The number of hydrogen-bond donors (Lipinski definition) is 1. The lowest BCUT2D eigenvalue weighted by Crippen LogP contribution is -2.30. The summed E-state index contributed by atoms with van der Waals surface area (Å²) < 4.78 is 0. The van der Waals surface area contributed by atoms with Crippen LogP contribution in [-0.4, -0.2) is 33.0 Å². The molecule has 1 N–H and O–H groups in total. The molecular weight excluding hydrogens is 276 g/mol. The molecule has 0 bridgehead atoms. The fourth-order valence-corrected chi connectivity index (χ4v) is 2.88. The normalized spacial score (nSPS) is 13.7. The average Bonchev–Trinajstić information content (AvgIpc) is 2.85. The zero-order chi connectivity index (χ0) is 16.3. The molecule has 0 unspecified atom stereocenters. The highest BCUT2D eigenvalue weighted by Gasteiger charge is 2.22. The maximum atomic E-state index is 12.6. The number of rotatable bonds is 5. The zero-order valence-electron chi connectivity index (χ0n) is 13.9. The summed E-state index contributed by atoms with van der Waals surface area (Å²) in [6.07, 6.45) is 3.99. The van der Waals surface area contributed by atoms with E-state index in [0.29, 0.717) is 6.42 Å². The monoisotopic (exact) mass is 300 g/mol. The fraction of sp³-hybridized carbons (Fsp3) is 0.471. The molecule has 1 amide bonds. The lowest BCUT2D eigenvalue weighted by atomic mass is 9.95. The summed E-state index contributed by atoms with van der Waals surface area (Å²) in [4.78, 5) is 18.4. The summed E-state index contributed by atoms with van der Waals surface area (Å²) in [6, 6.07) is 3.93. The molecule has 0 spiro atoms. The molecule has 0 fully saturated rings. The maximum absolute atomic E-state index is 12.6. The van der Waals surface area contributed by atoms with Gasteiger partial charge in [-0.05, 0) is 49.9 Å². The molecular formula is C17H24N4O. The Balaban J connectivity index is 2.05. The smallest absolute Gasteiger partial charge is 0.223 e. The summed E-state index contributed by atoms with van der Waals surface area (Å²) in [5, 5.41) is 7.20. The molecule has 2 heterocycles. The van der Waals surface area contributed by atoms with E-state index in [1.54, 1.807) is 17.3 Å². The SMILES string of the molecule is Cc1n[nH]c(C)c1[C@H](C)CC(=O)N(C)[C@H](C)c1ccncc1. The number of H-pyrrole nitrogens is 1. The van der Waals surface area contributed by atoms with Crippen molar-refractivity contribution in [2.45, 2.75) is 46.1 Å². The second-order valence-electron chi connectivity index (χ2n) is 5.91. The van der Waals surface area contributed by atoms with Gasteiger partial charge in [-0.15, -0.1) is 0 Å². The summed E-state index contributed by atoms with van der Waals surface area (Å²) in [7, 11) is 1.86. The summed E-state index contributed by atoms with van der Waals surface area (Å²) >= 11 is 0. The van der Waals surface area contributed by atoms with Gasteiger partial charge in [0.05, 0.1) is 11.7 Å². The van der Waals surface area contributed by atoms with Gasteiger partial charge in [0.25, 0.3) is 0 Å². The molecule has 2 rings (SSSR count). The van der Waals surface area contributed by atoms with E-state index in [1.807, 2.05) is 40.0 Å².